The number of fused-ring (bicyclic) bond motifs is 1. The van der Waals surface area contributed by atoms with Gasteiger partial charge in [-0.15, -0.1) is 0 Å². The quantitative estimate of drug-likeness (QED) is 0.805. The third-order valence-electron chi connectivity index (χ3n) is 5.94. The standard InChI is InChI=1S/C19H31N3O4S/c1-15-5-6-16(18(11-15)26-4)12-21-9-7-19(23)8-10-22(14-17(19)13-21)27(24,25)20(2)3/h5-6,11,17,23H,7-10,12-14H2,1-4H3/t17-,19-/m0/s1. The molecule has 3 rings (SSSR count). The largest absolute Gasteiger partial charge is 0.496 e. The van der Waals surface area contributed by atoms with Crippen molar-refractivity contribution in [3.8, 4) is 5.75 Å². The fourth-order valence-electron chi connectivity index (χ4n) is 4.15. The van der Waals surface area contributed by atoms with Crippen molar-refractivity contribution in [2.24, 2.45) is 5.92 Å². The molecular formula is C19H31N3O4S. The maximum Gasteiger partial charge on any atom is 0.281 e. The topological polar surface area (TPSA) is 73.3 Å². The van der Waals surface area contributed by atoms with Crippen LogP contribution in [0.3, 0.4) is 0 Å². The minimum absolute atomic E-state index is 0.0915. The number of aryl methyl sites for hydroxylation is 1. The van der Waals surface area contributed by atoms with Crippen molar-refractivity contribution in [3.63, 3.8) is 0 Å². The number of aliphatic hydroxyl groups is 1. The van der Waals surface area contributed by atoms with Gasteiger partial charge in [-0.2, -0.15) is 17.0 Å². The van der Waals surface area contributed by atoms with Gasteiger partial charge in [0.2, 0.25) is 0 Å². The van der Waals surface area contributed by atoms with E-state index in [4.69, 9.17) is 4.74 Å². The Morgan fingerprint density at radius 2 is 1.96 bits per heavy atom. The second-order valence-corrected chi connectivity index (χ2v) is 10.1. The van der Waals surface area contributed by atoms with E-state index in [1.165, 1.54) is 8.61 Å². The number of methoxy groups -OCH3 is 1. The summed E-state index contributed by atoms with van der Waals surface area (Å²) in [5, 5.41) is 11.0. The van der Waals surface area contributed by atoms with Gasteiger partial charge in [0.25, 0.3) is 10.2 Å². The highest BCUT2D eigenvalue weighted by molar-refractivity contribution is 7.86. The zero-order chi connectivity index (χ0) is 19.8. The Hall–Kier alpha value is -1.19. The van der Waals surface area contributed by atoms with Crippen molar-refractivity contribution in [2.75, 3.05) is 47.4 Å². The normalized spacial score (nSPS) is 27.6. The van der Waals surface area contributed by atoms with E-state index in [9.17, 15) is 13.5 Å². The fourth-order valence-corrected chi connectivity index (χ4v) is 5.30. The summed E-state index contributed by atoms with van der Waals surface area (Å²) in [5.41, 5.74) is 1.49. The Bertz CT molecular complexity index is 783. The van der Waals surface area contributed by atoms with Crippen LogP contribution in [0.2, 0.25) is 0 Å². The molecule has 152 valence electrons. The van der Waals surface area contributed by atoms with Gasteiger partial charge in [-0.05, 0) is 31.4 Å². The first-order chi connectivity index (χ1) is 12.7. The summed E-state index contributed by atoms with van der Waals surface area (Å²) in [6, 6.07) is 6.18. The summed E-state index contributed by atoms with van der Waals surface area (Å²) >= 11 is 0. The molecule has 2 aliphatic rings. The van der Waals surface area contributed by atoms with Crippen LogP contribution in [0, 0.1) is 12.8 Å². The maximum absolute atomic E-state index is 12.5. The van der Waals surface area contributed by atoms with Crippen molar-refractivity contribution in [1.82, 2.24) is 13.5 Å². The van der Waals surface area contributed by atoms with Gasteiger partial charge in [-0.1, -0.05) is 12.1 Å². The molecule has 2 saturated heterocycles. The Labute approximate surface area is 162 Å². The van der Waals surface area contributed by atoms with Gasteiger partial charge in [0.1, 0.15) is 5.75 Å². The number of ether oxygens (including phenoxy) is 1. The molecule has 0 spiro atoms. The second-order valence-electron chi connectivity index (χ2n) is 8.00. The van der Waals surface area contributed by atoms with Crippen molar-refractivity contribution in [1.29, 1.82) is 0 Å². The summed E-state index contributed by atoms with van der Waals surface area (Å²) in [6.07, 6.45) is 1.16. The summed E-state index contributed by atoms with van der Waals surface area (Å²) < 4.78 is 33.2. The van der Waals surface area contributed by atoms with Gasteiger partial charge in [0.05, 0.1) is 12.7 Å². The third-order valence-corrected chi connectivity index (χ3v) is 7.85. The smallest absolute Gasteiger partial charge is 0.281 e. The molecule has 7 nitrogen and oxygen atoms in total. The van der Waals surface area contributed by atoms with Gasteiger partial charge in [0, 0.05) is 58.3 Å². The molecule has 0 aromatic heterocycles. The van der Waals surface area contributed by atoms with E-state index in [1.54, 1.807) is 21.2 Å². The maximum atomic E-state index is 12.5. The highest BCUT2D eigenvalue weighted by Crippen LogP contribution is 2.37. The Morgan fingerprint density at radius 1 is 1.26 bits per heavy atom. The van der Waals surface area contributed by atoms with Gasteiger partial charge in [0.15, 0.2) is 0 Å². The van der Waals surface area contributed by atoms with Crippen LogP contribution in [-0.4, -0.2) is 80.0 Å². The Balaban J connectivity index is 1.73. The minimum Gasteiger partial charge on any atom is -0.496 e. The van der Waals surface area contributed by atoms with E-state index in [-0.39, 0.29) is 5.92 Å². The summed E-state index contributed by atoms with van der Waals surface area (Å²) in [4.78, 5) is 2.29. The lowest BCUT2D eigenvalue weighted by Crippen LogP contribution is -2.61. The van der Waals surface area contributed by atoms with E-state index in [2.05, 4.69) is 17.0 Å². The van der Waals surface area contributed by atoms with E-state index >= 15 is 0 Å². The van der Waals surface area contributed by atoms with Gasteiger partial charge in [-0.25, -0.2) is 0 Å². The van der Waals surface area contributed by atoms with Crippen molar-refractivity contribution in [3.05, 3.63) is 29.3 Å². The van der Waals surface area contributed by atoms with Crippen molar-refractivity contribution < 1.29 is 18.3 Å². The minimum atomic E-state index is -3.45. The molecule has 0 amide bonds. The molecule has 27 heavy (non-hydrogen) atoms. The van der Waals surface area contributed by atoms with Crippen LogP contribution in [0.1, 0.15) is 24.0 Å². The zero-order valence-electron chi connectivity index (χ0n) is 16.7. The summed E-state index contributed by atoms with van der Waals surface area (Å²) in [7, 11) is 1.32. The van der Waals surface area contributed by atoms with Crippen LogP contribution >= 0.6 is 0 Å². The van der Waals surface area contributed by atoms with Gasteiger partial charge >= 0.3 is 0 Å². The van der Waals surface area contributed by atoms with Crippen molar-refractivity contribution >= 4 is 10.2 Å². The van der Waals surface area contributed by atoms with E-state index < -0.39 is 15.8 Å². The fraction of sp³-hybridized carbons (Fsp3) is 0.684. The van der Waals surface area contributed by atoms with Gasteiger partial charge < -0.3 is 9.84 Å². The number of rotatable bonds is 5. The number of hydrogen-bond donors (Lipinski definition) is 1. The monoisotopic (exact) mass is 397 g/mol. The molecule has 2 aliphatic heterocycles. The third kappa shape index (κ3) is 4.14. The van der Waals surface area contributed by atoms with E-state index in [0.29, 0.717) is 32.5 Å². The number of nitrogens with zero attached hydrogens (tertiary/aromatic N) is 3. The lowest BCUT2D eigenvalue weighted by Gasteiger charge is -2.50. The number of piperidine rings is 2. The highest BCUT2D eigenvalue weighted by atomic mass is 32.2. The Morgan fingerprint density at radius 3 is 2.63 bits per heavy atom. The Kier molecular flexibility index (Phi) is 5.84. The second kappa shape index (κ2) is 7.67. The van der Waals surface area contributed by atoms with Crippen LogP contribution < -0.4 is 4.74 Å². The molecule has 0 radical (unpaired) electrons. The molecule has 2 fully saturated rings. The number of hydrogen-bond acceptors (Lipinski definition) is 5. The van der Waals surface area contributed by atoms with Crippen LogP contribution in [0.15, 0.2) is 18.2 Å². The molecule has 1 aromatic carbocycles. The van der Waals surface area contributed by atoms with E-state index in [1.807, 2.05) is 13.0 Å². The SMILES string of the molecule is COc1cc(C)ccc1CN1CC[C@]2(O)CCN(S(=O)(=O)N(C)C)C[C@@H]2C1. The first-order valence-electron chi connectivity index (χ1n) is 9.41. The lowest BCUT2D eigenvalue weighted by molar-refractivity contribution is -0.103. The molecule has 2 atom stereocenters. The summed E-state index contributed by atoms with van der Waals surface area (Å²) in [6.45, 7) is 4.97. The zero-order valence-corrected chi connectivity index (χ0v) is 17.5. The molecule has 0 aliphatic carbocycles. The van der Waals surface area contributed by atoms with Crippen LogP contribution in [0.4, 0.5) is 0 Å². The van der Waals surface area contributed by atoms with Crippen molar-refractivity contribution in [2.45, 2.75) is 31.9 Å². The number of likely N-dealkylation sites (tertiary alicyclic amines) is 1. The van der Waals surface area contributed by atoms with Gasteiger partial charge in [-0.3, -0.25) is 4.90 Å². The predicted octanol–water partition coefficient (Wildman–Crippen LogP) is 1.07. The first-order valence-corrected chi connectivity index (χ1v) is 10.8. The van der Waals surface area contributed by atoms with Crippen LogP contribution in [-0.2, 0) is 16.8 Å². The molecule has 0 bridgehead atoms. The molecule has 2 heterocycles. The molecule has 1 aromatic rings. The molecule has 8 heteroatoms. The van der Waals surface area contributed by atoms with Crippen LogP contribution in [0.5, 0.6) is 5.75 Å². The molecule has 0 unspecified atom stereocenters. The molecule has 0 saturated carbocycles. The van der Waals surface area contributed by atoms with Crippen LogP contribution in [0.25, 0.3) is 0 Å². The van der Waals surface area contributed by atoms with E-state index in [0.717, 1.165) is 30.0 Å². The highest BCUT2D eigenvalue weighted by Gasteiger charge is 2.47. The lowest BCUT2D eigenvalue weighted by atomic mass is 9.76. The summed E-state index contributed by atoms with van der Waals surface area (Å²) in [5.74, 6) is 0.780. The average Bonchev–Trinajstić information content (AvgIpc) is 2.62. The first kappa shape index (κ1) is 20.5. The average molecular weight is 398 g/mol. The predicted molar refractivity (Wildman–Crippen MR) is 105 cm³/mol. The number of benzene rings is 1. The molecular weight excluding hydrogens is 366 g/mol. The molecule has 1 N–H and O–H groups in total.